The van der Waals surface area contributed by atoms with E-state index in [-0.39, 0.29) is 23.9 Å². The number of carboxylic acid groups (broad SMARTS) is 1. The van der Waals surface area contributed by atoms with Crippen molar-refractivity contribution in [2.75, 3.05) is 13.6 Å². The number of nitrogens with one attached hydrogen (secondary N) is 1. The summed E-state index contributed by atoms with van der Waals surface area (Å²) in [6.07, 6.45) is 2.08. The summed E-state index contributed by atoms with van der Waals surface area (Å²) in [5, 5.41) is 10.2. The maximum absolute atomic E-state index is 12.0. The molecule has 0 radical (unpaired) electrons. The summed E-state index contributed by atoms with van der Waals surface area (Å²) in [7, 11) is 1.71. The number of hydrogen-bond donors (Lipinski definition) is 3. The highest BCUT2D eigenvalue weighted by Crippen LogP contribution is 2.17. The van der Waals surface area contributed by atoms with Gasteiger partial charge in [0.2, 0.25) is 11.8 Å². The quantitative estimate of drug-likeness (QED) is 0.671. The lowest BCUT2D eigenvalue weighted by atomic mass is 9.97. The minimum absolute atomic E-state index is 0.00343. The van der Waals surface area contributed by atoms with Crippen LogP contribution in [0.15, 0.2) is 0 Å². The highest BCUT2D eigenvalue weighted by atomic mass is 16.4. The van der Waals surface area contributed by atoms with E-state index in [0.29, 0.717) is 25.3 Å². The second-order valence-electron chi connectivity index (χ2n) is 5.61. The Kier molecular flexibility index (Phi) is 8.61. The van der Waals surface area contributed by atoms with Gasteiger partial charge in [-0.25, -0.2) is 0 Å². The normalized spacial score (nSPS) is 21.7. The van der Waals surface area contributed by atoms with Crippen LogP contribution in [0.2, 0.25) is 0 Å². The number of amides is 2. The van der Waals surface area contributed by atoms with Crippen molar-refractivity contribution in [3.63, 3.8) is 0 Å². The van der Waals surface area contributed by atoms with Crippen molar-refractivity contribution in [2.24, 2.45) is 11.7 Å². The standard InChI is InChI=1S/C12H23N3O2.C2H4O2/c1-8(2)7-10-11(16)14-9(5-4-6-13)12(17)15(10)3;1-2(3)4/h8-10H,4-7,13H2,1-3H3,(H,14,16);1H3,(H,3,4)/t9-,10-;/m0./s1. The van der Waals surface area contributed by atoms with Gasteiger partial charge in [-0.05, 0) is 31.7 Å². The van der Waals surface area contributed by atoms with Crippen LogP contribution in [-0.2, 0) is 14.4 Å². The monoisotopic (exact) mass is 301 g/mol. The first kappa shape index (κ1) is 19.4. The molecule has 21 heavy (non-hydrogen) atoms. The Morgan fingerprint density at radius 1 is 1.43 bits per heavy atom. The molecule has 1 aliphatic rings. The number of nitrogens with two attached hydrogens (primary N) is 1. The third-order valence-corrected chi connectivity index (χ3v) is 3.12. The topological polar surface area (TPSA) is 113 Å². The van der Waals surface area contributed by atoms with E-state index in [2.05, 4.69) is 5.32 Å². The van der Waals surface area contributed by atoms with E-state index in [9.17, 15) is 9.59 Å². The first-order valence-corrected chi connectivity index (χ1v) is 7.17. The van der Waals surface area contributed by atoms with Crippen LogP contribution in [0.1, 0.15) is 40.0 Å². The molecule has 0 unspecified atom stereocenters. The van der Waals surface area contributed by atoms with Gasteiger partial charge in [0.15, 0.2) is 0 Å². The van der Waals surface area contributed by atoms with Crippen molar-refractivity contribution in [2.45, 2.75) is 52.1 Å². The zero-order valence-corrected chi connectivity index (χ0v) is 13.3. The number of likely N-dealkylation sites (N-methyl/N-ethyl adjacent to an activating group) is 1. The van der Waals surface area contributed by atoms with E-state index in [0.717, 1.165) is 13.3 Å². The Labute approximate surface area is 125 Å². The molecule has 0 bridgehead atoms. The van der Waals surface area contributed by atoms with Crippen molar-refractivity contribution in [1.82, 2.24) is 10.2 Å². The third-order valence-electron chi connectivity index (χ3n) is 3.12. The third kappa shape index (κ3) is 7.08. The van der Waals surface area contributed by atoms with Crippen LogP contribution < -0.4 is 11.1 Å². The minimum Gasteiger partial charge on any atom is -0.481 e. The highest BCUT2D eigenvalue weighted by Gasteiger charge is 2.37. The minimum atomic E-state index is -0.833. The molecule has 1 fully saturated rings. The summed E-state index contributed by atoms with van der Waals surface area (Å²) in [5.41, 5.74) is 5.42. The largest absolute Gasteiger partial charge is 0.481 e. The van der Waals surface area contributed by atoms with Gasteiger partial charge in [0.25, 0.3) is 5.97 Å². The highest BCUT2D eigenvalue weighted by molar-refractivity contribution is 5.96. The molecule has 122 valence electrons. The molecule has 2 atom stereocenters. The number of carbonyl (C=O) groups is 3. The van der Waals surface area contributed by atoms with Crippen LogP contribution in [0.3, 0.4) is 0 Å². The molecule has 1 rings (SSSR count). The van der Waals surface area contributed by atoms with E-state index in [1.807, 2.05) is 13.8 Å². The van der Waals surface area contributed by atoms with Crippen LogP contribution in [0.5, 0.6) is 0 Å². The maximum atomic E-state index is 12.0. The van der Waals surface area contributed by atoms with Crippen molar-refractivity contribution >= 4 is 17.8 Å². The van der Waals surface area contributed by atoms with Crippen LogP contribution in [0, 0.1) is 5.92 Å². The van der Waals surface area contributed by atoms with Gasteiger partial charge in [0.1, 0.15) is 12.1 Å². The second kappa shape index (κ2) is 9.33. The number of piperazine rings is 1. The van der Waals surface area contributed by atoms with Gasteiger partial charge in [-0.1, -0.05) is 13.8 Å². The van der Waals surface area contributed by atoms with Gasteiger partial charge in [-0.3, -0.25) is 14.4 Å². The van der Waals surface area contributed by atoms with E-state index in [1.165, 1.54) is 0 Å². The molecule has 7 nitrogen and oxygen atoms in total. The molecule has 0 spiro atoms. The summed E-state index contributed by atoms with van der Waals surface area (Å²) in [4.78, 5) is 34.5. The van der Waals surface area contributed by atoms with Crippen molar-refractivity contribution in [1.29, 1.82) is 0 Å². The Bertz CT molecular complexity index is 367. The summed E-state index contributed by atoms with van der Waals surface area (Å²) in [5.74, 6) is -0.479. The predicted octanol–water partition coefficient (Wildman–Crippen LogP) is 0.188. The Balaban J connectivity index is 0.000000885. The fraction of sp³-hybridized carbons (Fsp3) is 0.786. The number of nitrogens with zero attached hydrogens (tertiary/aromatic N) is 1. The fourth-order valence-corrected chi connectivity index (χ4v) is 2.13. The number of carboxylic acids is 1. The summed E-state index contributed by atoms with van der Waals surface area (Å²) >= 11 is 0. The van der Waals surface area contributed by atoms with Crippen molar-refractivity contribution in [3.05, 3.63) is 0 Å². The molecule has 1 aliphatic heterocycles. The molecule has 0 aromatic heterocycles. The molecule has 7 heteroatoms. The predicted molar refractivity (Wildman–Crippen MR) is 79.5 cm³/mol. The van der Waals surface area contributed by atoms with Crippen LogP contribution in [0.25, 0.3) is 0 Å². The van der Waals surface area contributed by atoms with Crippen LogP contribution >= 0.6 is 0 Å². The lowest BCUT2D eigenvalue weighted by Gasteiger charge is -2.37. The number of hydrogen-bond acceptors (Lipinski definition) is 4. The van der Waals surface area contributed by atoms with Gasteiger partial charge in [-0.15, -0.1) is 0 Å². The van der Waals surface area contributed by atoms with Gasteiger partial charge in [0.05, 0.1) is 0 Å². The number of aliphatic carboxylic acids is 1. The first-order chi connectivity index (χ1) is 9.70. The summed E-state index contributed by atoms with van der Waals surface area (Å²) in [6, 6.07) is -0.712. The van der Waals surface area contributed by atoms with Gasteiger partial charge < -0.3 is 21.1 Å². The Hall–Kier alpha value is -1.63. The molecular formula is C14H27N3O4. The molecule has 2 amide bonds. The molecule has 1 saturated heterocycles. The van der Waals surface area contributed by atoms with Gasteiger partial charge in [-0.2, -0.15) is 0 Å². The zero-order valence-electron chi connectivity index (χ0n) is 13.3. The first-order valence-electron chi connectivity index (χ1n) is 7.17. The Morgan fingerprint density at radius 2 is 1.95 bits per heavy atom. The van der Waals surface area contributed by atoms with Crippen molar-refractivity contribution in [3.8, 4) is 0 Å². The molecule has 4 N–H and O–H groups in total. The average molecular weight is 301 g/mol. The number of carbonyl (C=O) groups excluding carboxylic acids is 2. The van der Waals surface area contributed by atoms with Crippen molar-refractivity contribution < 1.29 is 19.5 Å². The van der Waals surface area contributed by atoms with Gasteiger partial charge in [0, 0.05) is 14.0 Å². The summed E-state index contributed by atoms with van der Waals surface area (Å²) < 4.78 is 0. The Morgan fingerprint density at radius 3 is 2.38 bits per heavy atom. The SMILES string of the molecule is CC(=O)O.CC(C)C[C@H]1C(=O)N[C@@H](CCCN)C(=O)N1C. The maximum Gasteiger partial charge on any atom is 0.300 e. The lowest BCUT2D eigenvalue weighted by Crippen LogP contribution is -2.62. The molecule has 0 aromatic rings. The van der Waals surface area contributed by atoms with E-state index < -0.39 is 5.97 Å². The van der Waals surface area contributed by atoms with Gasteiger partial charge >= 0.3 is 0 Å². The zero-order chi connectivity index (χ0) is 16.6. The molecule has 1 heterocycles. The smallest absolute Gasteiger partial charge is 0.300 e. The van der Waals surface area contributed by atoms with E-state index in [4.69, 9.17) is 15.6 Å². The molecule has 0 aliphatic carbocycles. The average Bonchev–Trinajstić information content (AvgIpc) is 2.36. The van der Waals surface area contributed by atoms with Crippen LogP contribution in [-0.4, -0.2) is 53.5 Å². The molecule has 0 saturated carbocycles. The van der Waals surface area contributed by atoms with Crippen LogP contribution in [0.4, 0.5) is 0 Å². The second-order valence-corrected chi connectivity index (χ2v) is 5.61. The molecular weight excluding hydrogens is 274 g/mol. The fourth-order valence-electron chi connectivity index (χ4n) is 2.13. The lowest BCUT2D eigenvalue weighted by molar-refractivity contribution is -0.148. The number of rotatable bonds is 5. The molecule has 0 aromatic carbocycles. The summed E-state index contributed by atoms with van der Waals surface area (Å²) in [6.45, 7) is 5.72. The van der Waals surface area contributed by atoms with E-state index in [1.54, 1.807) is 11.9 Å². The van der Waals surface area contributed by atoms with E-state index >= 15 is 0 Å².